The highest BCUT2D eigenvalue weighted by atomic mass is 32.2. The van der Waals surface area contributed by atoms with Gasteiger partial charge in [-0.2, -0.15) is 17.1 Å². The Bertz CT molecular complexity index is 1460. The fraction of sp³-hybridized carbons (Fsp3) is 0.174. The number of guanidine groups is 1. The number of pyridine rings is 1. The van der Waals surface area contributed by atoms with Crippen LogP contribution in [0.2, 0.25) is 0 Å². The predicted octanol–water partition coefficient (Wildman–Crippen LogP) is 2.29. The van der Waals surface area contributed by atoms with Gasteiger partial charge < -0.3 is 5.73 Å². The Kier molecular flexibility index (Phi) is 6.13. The third-order valence-corrected chi connectivity index (χ3v) is 6.73. The van der Waals surface area contributed by atoms with E-state index in [0.717, 1.165) is 15.3 Å². The van der Waals surface area contributed by atoms with Gasteiger partial charge in [0, 0.05) is 38.0 Å². The molecule has 2 heterocycles. The van der Waals surface area contributed by atoms with E-state index in [4.69, 9.17) is 5.73 Å². The van der Waals surface area contributed by atoms with Crippen molar-refractivity contribution in [2.45, 2.75) is 12.1 Å². The first-order chi connectivity index (χ1) is 16.4. The highest BCUT2D eigenvalue weighted by Gasteiger charge is 2.49. The minimum atomic E-state index is -4.45. The fourth-order valence-corrected chi connectivity index (χ4v) is 4.27. The van der Waals surface area contributed by atoms with E-state index in [-0.39, 0.29) is 29.2 Å². The largest absolute Gasteiger partial charge is 0.369 e. The van der Waals surface area contributed by atoms with E-state index in [2.05, 4.69) is 9.98 Å². The normalized spacial score (nSPS) is 18.3. The average molecular weight is 502 g/mol. The van der Waals surface area contributed by atoms with Gasteiger partial charge in [0.05, 0.1) is 0 Å². The Balaban J connectivity index is 1.92. The van der Waals surface area contributed by atoms with Crippen molar-refractivity contribution in [2.75, 3.05) is 14.1 Å². The van der Waals surface area contributed by atoms with Gasteiger partial charge in [-0.1, -0.05) is 30.3 Å². The second-order valence-corrected chi connectivity index (χ2v) is 9.53. The zero-order valence-electron chi connectivity index (χ0n) is 18.7. The van der Waals surface area contributed by atoms with E-state index in [1.165, 1.54) is 44.6 Å². The van der Waals surface area contributed by atoms with Crippen molar-refractivity contribution in [3.63, 3.8) is 0 Å². The van der Waals surface area contributed by atoms with Crippen LogP contribution in [0.4, 0.5) is 8.78 Å². The van der Waals surface area contributed by atoms with Gasteiger partial charge in [0.25, 0.3) is 5.91 Å². The molecule has 9 nitrogen and oxygen atoms in total. The van der Waals surface area contributed by atoms with E-state index in [1.807, 2.05) is 0 Å². The number of likely N-dealkylation sites (N-methyl/N-ethyl adjacent to an activating group) is 1. The average Bonchev–Trinajstić information content (AvgIpc) is 3.04. The number of carbonyl (C=O) groups excluding carboxylic acids is 1. The number of aromatic nitrogens is 1. The Labute approximate surface area is 200 Å². The highest BCUT2D eigenvalue weighted by Crippen LogP contribution is 2.41. The quantitative estimate of drug-likeness (QED) is 0.394. The molecule has 0 saturated carbocycles. The second-order valence-electron chi connectivity index (χ2n) is 8.02. The summed E-state index contributed by atoms with van der Waals surface area (Å²) in [5.74, 6) is -2.24. The molecule has 0 aliphatic carbocycles. The lowest BCUT2D eigenvalue weighted by molar-refractivity contribution is -0.129. The minimum absolute atomic E-state index is 0.0890. The van der Waals surface area contributed by atoms with Gasteiger partial charge in [0.2, 0.25) is 5.95 Å². The van der Waals surface area contributed by atoms with E-state index < -0.39 is 33.5 Å². The number of nitrogens with two attached hydrogens (primary N) is 1. The molecule has 4 rings (SSSR count). The predicted molar refractivity (Wildman–Crippen MR) is 124 cm³/mol. The van der Waals surface area contributed by atoms with Crippen LogP contribution in [0, 0.1) is 11.8 Å². The maximum absolute atomic E-state index is 14.8. The second kappa shape index (κ2) is 8.80. The number of hydrogen-bond acceptors (Lipinski definition) is 6. The summed E-state index contributed by atoms with van der Waals surface area (Å²) in [7, 11) is -1.82. The number of carbonyl (C=O) groups is 1. The summed E-state index contributed by atoms with van der Waals surface area (Å²) in [6, 6.07) is 12.9. The molecule has 3 aromatic rings. The van der Waals surface area contributed by atoms with E-state index in [1.54, 1.807) is 24.3 Å². The van der Waals surface area contributed by atoms with Gasteiger partial charge in [-0.05, 0) is 41.0 Å². The van der Waals surface area contributed by atoms with Gasteiger partial charge >= 0.3 is 10.3 Å². The molecule has 0 spiro atoms. The van der Waals surface area contributed by atoms with Crippen LogP contribution >= 0.6 is 0 Å². The molecule has 1 aliphatic rings. The Hall–Kier alpha value is -3.74. The SMILES string of the molecule is CN1C(=O)C(c2cccc(CN(C)S(=O)(=O)O)c2)(c2ccc(F)c(-c3cccnc3F)c2)N=C1N. The summed E-state index contributed by atoms with van der Waals surface area (Å²) >= 11 is 0. The molecule has 0 radical (unpaired) electrons. The molecule has 0 fully saturated rings. The summed E-state index contributed by atoms with van der Waals surface area (Å²) in [4.78, 5) is 22.7. The number of hydrogen-bond donors (Lipinski definition) is 2. The molecule has 1 unspecified atom stereocenters. The highest BCUT2D eigenvalue weighted by molar-refractivity contribution is 7.83. The van der Waals surface area contributed by atoms with E-state index >= 15 is 0 Å². The lowest BCUT2D eigenvalue weighted by Crippen LogP contribution is -2.41. The van der Waals surface area contributed by atoms with Crippen molar-refractivity contribution in [2.24, 2.45) is 10.7 Å². The maximum atomic E-state index is 14.8. The zero-order chi connectivity index (χ0) is 25.5. The Morgan fingerprint density at radius 2 is 1.80 bits per heavy atom. The molecular formula is C23H21F2N5O4S. The third kappa shape index (κ3) is 4.27. The molecule has 0 bridgehead atoms. The van der Waals surface area contributed by atoms with Crippen LogP contribution in [0.25, 0.3) is 11.1 Å². The maximum Gasteiger partial charge on any atom is 0.335 e. The lowest BCUT2D eigenvalue weighted by atomic mass is 9.81. The molecular weight excluding hydrogens is 480 g/mol. The molecule has 0 saturated heterocycles. The first kappa shape index (κ1) is 24.4. The van der Waals surface area contributed by atoms with Crippen molar-refractivity contribution in [1.82, 2.24) is 14.2 Å². The van der Waals surface area contributed by atoms with Crippen LogP contribution in [-0.2, 0) is 27.2 Å². The fourth-order valence-electron chi connectivity index (χ4n) is 3.96. The van der Waals surface area contributed by atoms with Crippen LogP contribution in [0.15, 0.2) is 65.8 Å². The summed E-state index contributed by atoms with van der Waals surface area (Å²) in [6.07, 6.45) is 1.23. The van der Waals surface area contributed by atoms with Crippen molar-refractivity contribution in [1.29, 1.82) is 0 Å². The zero-order valence-corrected chi connectivity index (χ0v) is 19.5. The smallest absolute Gasteiger partial charge is 0.335 e. The first-order valence-corrected chi connectivity index (χ1v) is 11.7. The molecule has 2 aromatic carbocycles. The van der Waals surface area contributed by atoms with Crippen LogP contribution in [0.5, 0.6) is 0 Å². The Morgan fingerprint density at radius 3 is 2.43 bits per heavy atom. The van der Waals surface area contributed by atoms with Crippen molar-refractivity contribution >= 4 is 22.2 Å². The van der Waals surface area contributed by atoms with E-state index in [9.17, 15) is 26.5 Å². The number of amides is 1. The van der Waals surface area contributed by atoms with Gasteiger partial charge in [-0.15, -0.1) is 0 Å². The lowest BCUT2D eigenvalue weighted by Gasteiger charge is -2.27. The van der Waals surface area contributed by atoms with Crippen LogP contribution in [0.3, 0.4) is 0 Å². The molecule has 12 heteroatoms. The van der Waals surface area contributed by atoms with Gasteiger partial charge in [0.1, 0.15) is 5.82 Å². The molecule has 1 aliphatic heterocycles. The van der Waals surface area contributed by atoms with Crippen LogP contribution < -0.4 is 5.73 Å². The summed E-state index contributed by atoms with van der Waals surface area (Å²) < 4.78 is 62.1. The Morgan fingerprint density at radius 1 is 1.09 bits per heavy atom. The number of aliphatic imine (C=N–C) groups is 1. The first-order valence-electron chi connectivity index (χ1n) is 10.3. The standard InChI is InChI=1S/C23H21F2N5O4S/c1-29(35(32,33)34)13-14-5-3-6-15(11-14)23(21(31)30(2)22(26)28-23)16-8-9-19(24)18(12-16)17-7-4-10-27-20(17)25/h3-12H,13H2,1-2H3,(H2,26,28)(H,32,33,34). The minimum Gasteiger partial charge on any atom is -0.369 e. The van der Waals surface area contributed by atoms with Gasteiger partial charge in [-0.3, -0.25) is 14.2 Å². The molecule has 182 valence electrons. The van der Waals surface area contributed by atoms with Gasteiger partial charge in [-0.25, -0.2) is 14.4 Å². The summed E-state index contributed by atoms with van der Waals surface area (Å²) in [5.41, 5.74) is 5.01. The van der Waals surface area contributed by atoms with Crippen LogP contribution in [0.1, 0.15) is 16.7 Å². The topological polar surface area (TPSA) is 129 Å². The van der Waals surface area contributed by atoms with E-state index in [0.29, 0.717) is 11.1 Å². The van der Waals surface area contributed by atoms with Crippen molar-refractivity contribution in [3.05, 3.63) is 89.2 Å². The molecule has 1 amide bonds. The molecule has 35 heavy (non-hydrogen) atoms. The number of rotatable bonds is 6. The number of nitrogens with zero attached hydrogens (tertiary/aromatic N) is 4. The molecule has 3 N–H and O–H groups in total. The molecule has 1 aromatic heterocycles. The van der Waals surface area contributed by atoms with Crippen molar-refractivity contribution < 1.29 is 26.5 Å². The summed E-state index contributed by atoms with van der Waals surface area (Å²) in [5, 5.41) is 0. The number of halogens is 2. The van der Waals surface area contributed by atoms with Crippen molar-refractivity contribution in [3.8, 4) is 11.1 Å². The third-order valence-electron chi connectivity index (χ3n) is 5.82. The monoisotopic (exact) mass is 501 g/mol. The van der Waals surface area contributed by atoms with Gasteiger partial charge in [0.15, 0.2) is 11.5 Å². The van der Waals surface area contributed by atoms with Crippen LogP contribution in [-0.4, -0.2) is 53.1 Å². The number of benzene rings is 2. The molecule has 1 atom stereocenters. The summed E-state index contributed by atoms with van der Waals surface area (Å²) in [6.45, 7) is -0.193.